The van der Waals surface area contributed by atoms with E-state index in [0.29, 0.717) is 29.7 Å². The number of aromatic nitrogens is 3. The summed E-state index contributed by atoms with van der Waals surface area (Å²) in [5, 5.41) is 4.93. The Bertz CT molecular complexity index is 1740. The van der Waals surface area contributed by atoms with Crippen molar-refractivity contribution in [2.24, 2.45) is 22.7 Å². The van der Waals surface area contributed by atoms with Gasteiger partial charge in [-0.05, 0) is 62.6 Å². The molecule has 2 aromatic carbocycles. The van der Waals surface area contributed by atoms with Gasteiger partial charge < -0.3 is 23.9 Å². The number of carbonyl (C=O) groups is 3. The van der Waals surface area contributed by atoms with Crippen LogP contribution in [0.5, 0.6) is 0 Å². The van der Waals surface area contributed by atoms with E-state index in [1.807, 2.05) is 44.0 Å². The van der Waals surface area contributed by atoms with Gasteiger partial charge in [-0.1, -0.05) is 62.7 Å². The minimum Gasteiger partial charge on any atom is -0.465 e. The van der Waals surface area contributed by atoms with E-state index in [2.05, 4.69) is 30.7 Å². The highest BCUT2D eigenvalue weighted by Gasteiger charge is 2.41. The lowest BCUT2D eigenvalue weighted by atomic mass is 9.75. The van der Waals surface area contributed by atoms with Crippen LogP contribution < -0.4 is 4.90 Å². The standard InChI is InChI=1S/C35H39ClN6O5.CH2O/c1-7-45-20-41(19-28(43)46-8-2)25-14-15-27(26(36)18-25)38-34-30(37-6)29(35(44)47-31-22(4)16-21(3)17-23(31)5)33-39-32(40-42(33)34)24-12-10-9-11-13-24;1-2/h9-15,18,21-23,31H,7-8,16-17,19-20H2,1-5H3;1H2. The van der Waals surface area contributed by atoms with Gasteiger partial charge in [0.05, 0.1) is 23.9 Å². The topological polar surface area (TPSA) is 130 Å². The number of nitrogens with zero attached hydrogens (tertiary/aromatic N) is 6. The molecule has 1 aliphatic heterocycles. The first kappa shape index (κ1) is 37.0. The molecule has 1 aliphatic carbocycles. The predicted molar refractivity (Wildman–Crippen MR) is 187 cm³/mol. The summed E-state index contributed by atoms with van der Waals surface area (Å²) in [6.07, 6.45) is 1.61. The molecule has 1 fully saturated rings. The maximum Gasteiger partial charge on any atom is 0.331 e. The molecule has 0 radical (unpaired) electrons. The van der Waals surface area contributed by atoms with Crippen molar-refractivity contribution >= 4 is 53.1 Å². The minimum absolute atomic E-state index is 0.0190. The van der Waals surface area contributed by atoms with Crippen LogP contribution in [-0.2, 0) is 28.6 Å². The average molecular weight is 689 g/mol. The van der Waals surface area contributed by atoms with Gasteiger partial charge in [0, 0.05) is 17.9 Å². The third kappa shape index (κ3) is 8.42. The second kappa shape index (κ2) is 17.0. The lowest BCUT2D eigenvalue weighted by molar-refractivity contribution is -0.150. The number of fused-ring (bicyclic) bond motifs is 1. The van der Waals surface area contributed by atoms with Gasteiger partial charge in [-0.25, -0.2) is 24.3 Å². The molecule has 0 bridgehead atoms. The summed E-state index contributed by atoms with van der Waals surface area (Å²) in [6.45, 7) is 21.0. The Morgan fingerprint density at radius 1 is 1.08 bits per heavy atom. The lowest BCUT2D eigenvalue weighted by Gasteiger charge is -2.37. The quantitative estimate of drug-likeness (QED) is 0.124. The first-order valence-corrected chi connectivity index (χ1v) is 16.5. The van der Waals surface area contributed by atoms with E-state index in [4.69, 9.17) is 47.2 Å². The molecule has 1 aromatic heterocycles. The highest BCUT2D eigenvalue weighted by atomic mass is 35.5. The first-order valence-electron chi connectivity index (χ1n) is 16.2. The smallest absolute Gasteiger partial charge is 0.331 e. The maximum absolute atomic E-state index is 13.9. The molecular formula is C36H41ClN6O6. The van der Waals surface area contributed by atoms with E-state index in [0.717, 1.165) is 18.4 Å². The number of anilines is 1. The number of hydrogen-bond acceptors (Lipinski definition) is 10. The Balaban J connectivity index is 0.00000265. The number of ether oxygens (including phenoxy) is 3. The fourth-order valence-corrected chi connectivity index (χ4v) is 6.54. The van der Waals surface area contributed by atoms with Crippen molar-refractivity contribution in [3.05, 3.63) is 76.5 Å². The second-order valence-electron chi connectivity index (χ2n) is 12.0. The molecule has 49 heavy (non-hydrogen) atoms. The highest BCUT2D eigenvalue weighted by Crippen LogP contribution is 2.39. The first-order chi connectivity index (χ1) is 23.6. The van der Waals surface area contributed by atoms with Crippen LogP contribution in [0.25, 0.3) is 21.8 Å². The third-order valence-electron chi connectivity index (χ3n) is 8.34. The Hall–Kier alpha value is -4.86. The van der Waals surface area contributed by atoms with Gasteiger partial charge in [0.15, 0.2) is 17.5 Å². The van der Waals surface area contributed by atoms with Crippen molar-refractivity contribution in [3.8, 4) is 11.4 Å². The molecule has 0 saturated heterocycles. The summed E-state index contributed by atoms with van der Waals surface area (Å²) in [6, 6.07) is 14.5. The zero-order chi connectivity index (χ0) is 35.7. The number of aliphatic imine (C=N–C) groups is 1. The van der Waals surface area contributed by atoms with E-state index in [9.17, 15) is 9.59 Å². The van der Waals surface area contributed by atoms with Crippen LogP contribution in [0.2, 0.25) is 5.02 Å². The van der Waals surface area contributed by atoms with Crippen LogP contribution in [0.3, 0.4) is 0 Å². The molecule has 2 atom stereocenters. The van der Waals surface area contributed by atoms with E-state index in [-0.39, 0.29) is 65.8 Å². The van der Waals surface area contributed by atoms with Crippen molar-refractivity contribution in [2.45, 2.75) is 53.6 Å². The summed E-state index contributed by atoms with van der Waals surface area (Å²) in [5.41, 5.74) is 1.70. The van der Waals surface area contributed by atoms with Gasteiger partial charge >= 0.3 is 11.9 Å². The van der Waals surface area contributed by atoms with Gasteiger partial charge in [0.2, 0.25) is 5.70 Å². The van der Waals surface area contributed by atoms with Gasteiger partial charge in [-0.15, -0.1) is 5.10 Å². The predicted octanol–water partition coefficient (Wildman–Crippen LogP) is 6.61. The van der Waals surface area contributed by atoms with Gasteiger partial charge in [0.1, 0.15) is 31.7 Å². The zero-order valence-electron chi connectivity index (χ0n) is 28.4. The zero-order valence-corrected chi connectivity index (χ0v) is 29.1. The third-order valence-corrected chi connectivity index (χ3v) is 8.64. The minimum atomic E-state index is -0.625. The molecule has 2 aliphatic rings. The van der Waals surface area contributed by atoms with Gasteiger partial charge in [-0.2, -0.15) is 0 Å². The summed E-state index contributed by atoms with van der Waals surface area (Å²) in [4.78, 5) is 49.1. The molecule has 258 valence electrons. The van der Waals surface area contributed by atoms with Crippen LogP contribution >= 0.6 is 11.6 Å². The summed E-state index contributed by atoms with van der Waals surface area (Å²) >= 11 is 6.75. The average Bonchev–Trinajstić information content (AvgIpc) is 3.64. The number of hydrogen-bond donors (Lipinski definition) is 0. The van der Waals surface area contributed by atoms with Gasteiger partial charge in [0.25, 0.3) is 0 Å². The highest BCUT2D eigenvalue weighted by molar-refractivity contribution is 6.34. The van der Waals surface area contributed by atoms with E-state index in [1.165, 1.54) is 4.68 Å². The maximum atomic E-state index is 13.9. The van der Waals surface area contributed by atoms with Crippen LogP contribution in [0, 0.1) is 24.3 Å². The molecule has 2 heterocycles. The number of carbonyl (C=O) groups excluding carboxylic acids is 3. The van der Waals surface area contributed by atoms with E-state index >= 15 is 0 Å². The molecule has 2 unspecified atom stereocenters. The molecule has 0 N–H and O–H groups in total. The monoisotopic (exact) mass is 688 g/mol. The Morgan fingerprint density at radius 3 is 2.39 bits per heavy atom. The lowest BCUT2D eigenvalue weighted by Crippen LogP contribution is -2.37. The van der Waals surface area contributed by atoms with Crippen molar-refractivity contribution in [2.75, 3.05) is 31.4 Å². The summed E-state index contributed by atoms with van der Waals surface area (Å²) < 4.78 is 18.2. The molecule has 0 amide bonds. The van der Waals surface area contributed by atoms with Crippen LogP contribution in [0.1, 0.15) is 53.3 Å². The van der Waals surface area contributed by atoms with Crippen molar-refractivity contribution < 1.29 is 28.6 Å². The molecule has 13 heteroatoms. The fraction of sp³-hybridized carbons (Fsp3) is 0.417. The SMILES string of the molecule is C=O.[C-]#[N+]C1=C(C(=O)OC2C(C)CC(C)CC2C)c2nc(-c3ccccc3)nn2C1=Nc1ccc(N(COCC)CC(=O)OCC)cc1Cl. The molecule has 5 rings (SSSR count). The Morgan fingerprint density at radius 2 is 1.78 bits per heavy atom. The number of rotatable bonds is 11. The van der Waals surface area contributed by atoms with Crippen molar-refractivity contribution in [1.29, 1.82) is 0 Å². The molecule has 12 nitrogen and oxygen atoms in total. The second-order valence-corrected chi connectivity index (χ2v) is 12.4. The molecule has 1 saturated carbocycles. The van der Waals surface area contributed by atoms with Crippen LogP contribution in [0.15, 0.2) is 59.2 Å². The fourth-order valence-electron chi connectivity index (χ4n) is 6.33. The summed E-state index contributed by atoms with van der Waals surface area (Å²) in [7, 11) is 0. The Labute approximate surface area is 291 Å². The molecule has 3 aromatic rings. The normalized spacial score (nSPS) is 20.6. The van der Waals surface area contributed by atoms with Crippen LogP contribution in [-0.4, -0.2) is 71.9 Å². The van der Waals surface area contributed by atoms with E-state index < -0.39 is 11.9 Å². The number of benzene rings is 2. The van der Waals surface area contributed by atoms with Crippen LogP contribution in [0.4, 0.5) is 11.4 Å². The number of allylic oxidation sites excluding steroid dienone is 1. The summed E-state index contributed by atoms with van der Waals surface area (Å²) in [5.74, 6) is 0.542. The molecular weight excluding hydrogens is 648 g/mol. The molecule has 0 spiro atoms. The van der Waals surface area contributed by atoms with Crippen molar-refractivity contribution in [1.82, 2.24) is 14.8 Å². The number of halogens is 1. The number of esters is 2. The Kier molecular flexibility index (Phi) is 12.8. The van der Waals surface area contributed by atoms with Crippen molar-refractivity contribution in [3.63, 3.8) is 0 Å². The van der Waals surface area contributed by atoms with Gasteiger partial charge in [-0.3, -0.25) is 4.79 Å². The van der Waals surface area contributed by atoms with E-state index in [1.54, 1.807) is 30.0 Å². The largest absolute Gasteiger partial charge is 0.465 e.